The van der Waals surface area contributed by atoms with Crippen LogP contribution in [0.25, 0.3) is 0 Å². The fourth-order valence-electron chi connectivity index (χ4n) is 1.37. The Bertz CT molecular complexity index is 487. The lowest BCUT2D eigenvalue weighted by molar-refractivity contribution is -0.138. The second-order valence-electron chi connectivity index (χ2n) is 3.80. The lowest BCUT2D eigenvalue weighted by atomic mass is 10.2. The summed E-state index contributed by atoms with van der Waals surface area (Å²) >= 11 is 0. The minimum Gasteiger partial charge on any atom is -0.480 e. The zero-order chi connectivity index (χ0) is 13.6. The third kappa shape index (κ3) is 4.82. The molecule has 0 spiro atoms. The maximum absolute atomic E-state index is 11.6. The molecule has 4 N–H and O–H groups in total. The van der Waals surface area contributed by atoms with Gasteiger partial charge in [-0.05, 0) is 12.0 Å². The fourth-order valence-corrected chi connectivity index (χ4v) is 2.62. The molecule has 0 aliphatic heterocycles. The molecule has 7 heteroatoms. The van der Waals surface area contributed by atoms with Gasteiger partial charge in [0.1, 0.15) is 6.04 Å². The van der Waals surface area contributed by atoms with Crippen LogP contribution in [0.5, 0.6) is 0 Å². The Morgan fingerprint density at radius 3 is 2.44 bits per heavy atom. The van der Waals surface area contributed by atoms with E-state index in [1.165, 1.54) is 0 Å². The van der Waals surface area contributed by atoms with Crippen molar-refractivity contribution in [2.24, 2.45) is 5.73 Å². The Morgan fingerprint density at radius 1 is 1.33 bits per heavy atom. The summed E-state index contributed by atoms with van der Waals surface area (Å²) in [6.07, 6.45) is 0.326. The van der Waals surface area contributed by atoms with Crippen molar-refractivity contribution >= 4 is 16.0 Å². The number of carboxylic acids is 1. The third-order valence-electron chi connectivity index (χ3n) is 2.36. The van der Waals surface area contributed by atoms with E-state index < -0.39 is 22.0 Å². The van der Waals surface area contributed by atoms with Crippen molar-refractivity contribution in [1.29, 1.82) is 0 Å². The quantitative estimate of drug-likeness (QED) is 0.623. The van der Waals surface area contributed by atoms with Crippen LogP contribution in [0.4, 0.5) is 0 Å². The molecular weight excluding hydrogens is 256 g/mol. The van der Waals surface area contributed by atoms with Crippen molar-refractivity contribution in [1.82, 2.24) is 4.72 Å². The molecular formula is C11H16N2O4S. The van der Waals surface area contributed by atoms with E-state index in [0.717, 1.165) is 5.56 Å². The number of aliphatic carboxylic acids is 1. The molecule has 1 rings (SSSR count). The van der Waals surface area contributed by atoms with E-state index in [1.807, 2.05) is 30.3 Å². The molecule has 6 nitrogen and oxygen atoms in total. The Balaban J connectivity index is 2.57. The molecule has 0 saturated heterocycles. The van der Waals surface area contributed by atoms with Gasteiger partial charge in [-0.1, -0.05) is 30.3 Å². The Labute approximate surface area is 106 Å². The summed E-state index contributed by atoms with van der Waals surface area (Å²) in [7, 11) is -3.65. The lowest BCUT2D eigenvalue weighted by Gasteiger charge is -2.12. The van der Waals surface area contributed by atoms with E-state index in [1.54, 1.807) is 0 Å². The average Bonchev–Trinajstić information content (AvgIpc) is 2.35. The minimum atomic E-state index is -3.65. The Morgan fingerprint density at radius 2 is 1.94 bits per heavy atom. The van der Waals surface area contributed by atoms with Gasteiger partial charge in [-0.25, -0.2) is 8.42 Å². The van der Waals surface area contributed by atoms with E-state index in [-0.39, 0.29) is 12.3 Å². The standard InChI is InChI=1S/C11H16N2O4S/c12-8-10(11(14)15)13-18(16,17)7-6-9-4-2-1-3-5-9/h1-5,10,13H,6-8,12H2,(H,14,15). The van der Waals surface area contributed by atoms with Gasteiger partial charge in [0, 0.05) is 6.54 Å². The molecule has 0 bridgehead atoms. The molecule has 18 heavy (non-hydrogen) atoms. The van der Waals surface area contributed by atoms with E-state index in [9.17, 15) is 13.2 Å². The zero-order valence-corrected chi connectivity index (χ0v) is 10.6. The molecule has 0 aromatic heterocycles. The van der Waals surface area contributed by atoms with Crippen LogP contribution in [0.15, 0.2) is 30.3 Å². The van der Waals surface area contributed by atoms with Gasteiger partial charge < -0.3 is 10.8 Å². The average molecular weight is 272 g/mol. The van der Waals surface area contributed by atoms with Gasteiger partial charge in [0.05, 0.1) is 5.75 Å². The molecule has 0 radical (unpaired) electrons. The van der Waals surface area contributed by atoms with Crippen LogP contribution < -0.4 is 10.5 Å². The second kappa shape index (κ2) is 6.48. The highest BCUT2D eigenvalue weighted by Crippen LogP contribution is 2.01. The van der Waals surface area contributed by atoms with Crippen LogP contribution in [-0.2, 0) is 21.2 Å². The number of sulfonamides is 1. The van der Waals surface area contributed by atoms with Gasteiger partial charge in [0.15, 0.2) is 0 Å². The molecule has 0 heterocycles. The van der Waals surface area contributed by atoms with E-state index >= 15 is 0 Å². The van der Waals surface area contributed by atoms with E-state index in [4.69, 9.17) is 10.8 Å². The monoisotopic (exact) mass is 272 g/mol. The van der Waals surface area contributed by atoms with Gasteiger partial charge in [-0.3, -0.25) is 4.79 Å². The van der Waals surface area contributed by atoms with Crippen molar-refractivity contribution in [3.63, 3.8) is 0 Å². The number of benzene rings is 1. The SMILES string of the molecule is NCC(NS(=O)(=O)CCc1ccccc1)C(=O)O. The predicted octanol–water partition coefficient (Wildman–Crippen LogP) is -0.440. The number of aryl methyl sites for hydroxylation is 1. The van der Waals surface area contributed by atoms with Crippen LogP contribution in [0, 0.1) is 0 Å². The molecule has 0 saturated carbocycles. The molecule has 1 aromatic rings. The van der Waals surface area contributed by atoms with Gasteiger partial charge in [-0.15, -0.1) is 0 Å². The molecule has 0 aliphatic carbocycles. The Kier molecular flexibility index (Phi) is 5.26. The van der Waals surface area contributed by atoms with Crippen LogP contribution in [-0.4, -0.2) is 37.8 Å². The maximum atomic E-state index is 11.6. The fraction of sp³-hybridized carbons (Fsp3) is 0.364. The van der Waals surface area contributed by atoms with E-state index in [0.29, 0.717) is 6.42 Å². The first-order valence-corrected chi connectivity index (χ1v) is 7.06. The van der Waals surface area contributed by atoms with Crippen LogP contribution in [0.2, 0.25) is 0 Å². The third-order valence-corrected chi connectivity index (χ3v) is 3.74. The number of hydrogen-bond acceptors (Lipinski definition) is 4. The molecule has 0 fully saturated rings. The van der Waals surface area contributed by atoms with Crippen LogP contribution in [0.1, 0.15) is 5.56 Å². The summed E-state index contributed by atoms with van der Waals surface area (Å²) in [5.41, 5.74) is 6.06. The summed E-state index contributed by atoms with van der Waals surface area (Å²) in [4.78, 5) is 10.7. The lowest BCUT2D eigenvalue weighted by Crippen LogP contribution is -2.46. The van der Waals surface area contributed by atoms with Crippen molar-refractivity contribution < 1.29 is 18.3 Å². The van der Waals surface area contributed by atoms with Crippen LogP contribution in [0.3, 0.4) is 0 Å². The van der Waals surface area contributed by atoms with Gasteiger partial charge >= 0.3 is 5.97 Å². The summed E-state index contributed by atoms with van der Waals surface area (Å²) in [6, 6.07) is 7.82. The van der Waals surface area contributed by atoms with Crippen molar-refractivity contribution in [2.45, 2.75) is 12.5 Å². The minimum absolute atomic E-state index is 0.166. The highest BCUT2D eigenvalue weighted by molar-refractivity contribution is 7.89. The van der Waals surface area contributed by atoms with Crippen molar-refractivity contribution in [3.05, 3.63) is 35.9 Å². The number of hydrogen-bond donors (Lipinski definition) is 3. The molecule has 0 amide bonds. The molecule has 1 aromatic carbocycles. The zero-order valence-electron chi connectivity index (χ0n) is 9.74. The number of nitrogens with one attached hydrogen (secondary N) is 1. The first-order valence-electron chi connectivity index (χ1n) is 5.41. The normalized spacial score (nSPS) is 13.2. The number of rotatable bonds is 7. The van der Waals surface area contributed by atoms with Crippen molar-refractivity contribution in [2.75, 3.05) is 12.3 Å². The second-order valence-corrected chi connectivity index (χ2v) is 5.67. The molecule has 0 aliphatic rings. The first kappa shape index (κ1) is 14.6. The largest absolute Gasteiger partial charge is 0.480 e. The smallest absolute Gasteiger partial charge is 0.323 e. The summed E-state index contributed by atoms with van der Waals surface area (Å²) in [6.45, 7) is -0.278. The molecule has 1 atom stereocenters. The molecule has 1 unspecified atom stereocenters. The summed E-state index contributed by atoms with van der Waals surface area (Å²) in [5, 5.41) is 8.71. The first-order chi connectivity index (χ1) is 8.44. The number of carbonyl (C=O) groups is 1. The Hall–Kier alpha value is -1.44. The highest BCUT2D eigenvalue weighted by Gasteiger charge is 2.22. The highest BCUT2D eigenvalue weighted by atomic mass is 32.2. The summed E-state index contributed by atoms with van der Waals surface area (Å²) in [5.74, 6) is -1.44. The van der Waals surface area contributed by atoms with Crippen molar-refractivity contribution in [3.8, 4) is 0 Å². The van der Waals surface area contributed by atoms with Gasteiger partial charge in [-0.2, -0.15) is 4.72 Å². The number of nitrogens with two attached hydrogens (primary N) is 1. The maximum Gasteiger partial charge on any atom is 0.323 e. The molecule has 100 valence electrons. The van der Waals surface area contributed by atoms with Crippen LogP contribution >= 0.6 is 0 Å². The number of carboxylic acid groups (broad SMARTS) is 1. The van der Waals surface area contributed by atoms with Gasteiger partial charge in [0.25, 0.3) is 0 Å². The predicted molar refractivity (Wildman–Crippen MR) is 67.5 cm³/mol. The van der Waals surface area contributed by atoms with E-state index in [2.05, 4.69) is 4.72 Å². The summed E-state index contributed by atoms with van der Waals surface area (Å²) < 4.78 is 25.4. The van der Waals surface area contributed by atoms with Gasteiger partial charge in [0.2, 0.25) is 10.0 Å². The topological polar surface area (TPSA) is 109 Å².